The Kier molecular flexibility index (Phi) is 8.82. The molecule has 34 heavy (non-hydrogen) atoms. The summed E-state index contributed by atoms with van der Waals surface area (Å²) in [5.41, 5.74) is 2.18. The molecule has 0 heterocycles. The number of anilines is 1. The van der Waals surface area contributed by atoms with Crippen molar-refractivity contribution in [1.82, 2.24) is 10.2 Å². The number of rotatable bonds is 9. The number of likely N-dealkylation sites (N-methyl/N-ethyl adjacent to an activating group) is 1. The van der Waals surface area contributed by atoms with Crippen molar-refractivity contribution in [2.45, 2.75) is 26.8 Å². The van der Waals surface area contributed by atoms with Crippen LogP contribution in [0.2, 0.25) is 0 Å². The van der Waals surface area contributed by atoms with Crippen LogP contribution in [-0.4, -0.2) is 59.8 Å². The second-order valence-corrected chi connectivity index (χ2v) is 7.68. The smallest absolute Gasteiger partial charge is 0.328 e. The van der Waals surface area contributed by atoms with Gasteiger partial charge in [-0.15, -0.1) is 0 Å². The number of nitrogens with zero attached hydrogens (tertiary/aromatic N) is 2. The van der Waals surface area contributed by atoms with Gasteiger partial charge in [0.15, 0.2) is 6.61 Å². The van der Waals surface area contributed by atoms with Crippen molar-refractivity contribution in [3.63, 3.8) is 0 Å². The SMILES string of the molecule is Cc1cccc(C)c1NC(=O)CN(C)C(=O)COC(=O)[C@H](C)NC(=O)c1cccc([N+](=O)[O-])c1. The molecule has 0 saturated heterocycles. The lowest BCUT2D eigenvalue weighted by molar-refractivity contribution is -0.384. The van der Waals surface area contributed by atoms with E-state index in [0.717, 1.165) is 22.1 Å². The molecular formula is C23H26N4O7. The summed E-state index contributed by atoms with van der Waals surface area (Å²) >= 11 is 0. The molecule has 2 aromatic rings. The predicted octanol–water partition coefficient (Wildman–Crippen LogP) is 1.97. The van der Waals surface area contributed by atoms with Gasteiger partial charge in [0.1, 0.15) is 6.04 Å². The predicted molar refractivity (Wildman–Crippen MR) is 123 cm³/mol. The number of para-hydroxylation sites is 1. The van der Waals surface area contributed by atoms with Crippen molar-refractivity contribution in [1.29, 1.82) is 0 Å². The van der Waals surface area contributed by atoms with E-state index in [1.165, 1.54) is 32.2 Å². The summed E-state index contributed by atoms with van der Waals surface area (Å²) in [4.78, 5) is 60.3. The van der Waals surface area contributed by atoms with Gasteiger partial charge in [-0.1, -0.05) is 24.3 Å². The van der Waals surface area contributed by atoms with Crippen molar-refractivity contribution in [2.75, 3.05) is 25.5 Å². The Labute approximate surface area is 196 Å². The summed E-state index contributed by atoms with van der Waals surface area (Å²) < 4.78 is 4.94. The number of carbonyl (C=O) groups is 4. The molecule has 0 fully saturated rings. The number of benzene rings is 2. The van der Waals surface area contributed by atoms with Crippen LogP contribution in [0.25, 0.3) is 0 Å². The number of esters is 1. The molecular weight excluding hydrogens is 444 g/mol. The van der Waals surface area contributed by atoms with Gasteiger partial charge in [-0.25, -0.2) is 4.79 Å². The number of aryl methyl sites for hydroxylation is 2. The average Bonchev–Trinajstić information content (AvgIpc) is 2.79. The van der Waals surface area contributed by atoms with E-state index in [-0.39, 0.29) is 17.8 Å². The maximum atomic E-state index is 12.3. The van der Waals surface area contributed by atoms with Gasteiger partial charge < -0.3 is 20.3 Å². The molecule has 2 aromatic carbocycles. The molecule has 3 amide bonds. The largest absolute Gasteiger partial charge is 0.454 e. The zero-order chi connectivity index (χ0) is 25.4. The fourth-order valence-corrected chi connectivity index (χ4v) is 2.96. The molecule has 0 spiro atoms. The molecule has 2 rings (SSSR count). The van der Waals surface area contributed by atoms with Crippen LogP contribution in [0, 0.1) is 24.0 Å². The second-order valence-electron chi connectivity index (χ2n) is 7.68. The highest BCUT2D eigenvalue weighted by Gasteiger charge is 2.22. The number of non-ortho nitro benzene ring substituents is 1. The Morgan fingerprint density at radius 3 is 2.32 bits per heavy atom. The van der Waals surface area contributed by atoms with Gasteiger partial charge in [-0.2, -0.15) is 0 Å². The van der Waals surface area contributed by atoms with Gasteiger partial charge >= 0.3 is 5.97 Å². The van der Waals surface area contributed by atoms with E-state index in [9.17, 15) is 29.3 Å². The lowest BCUT2D eigenvalue weighted by Crippen LogP contribution is -2.42. The molecule has 1 atom stereocenters. The summed E-state index contributed by atoms with van der Waals surface area (Å²) in [6.45, 7) is 4.20. The number of amides is 3. The van der Waals surface area contributed by atoms with Crippen LogP contribution < -0.4 is 10.6 Å². The van der Waals surface area contributed by atoms with Crippen molar-refractivity contribution >= 4 is 35.1 Å². The van der Waals surface area contributed by atoms with E-state index in [2.05, 4.69) is 10.6 Å². The van der Waals surface area contributed by atoms with Gasteiger partial charge in [-0.05, 0) is 38.0 Å². The van der Waals surface area contributed by atoms with Crippen molar-refractivity contribution in [3.8, 4) is 0 Å². The first-order valence-corrected chi connectivity index (χ1v) is 10.3. The first kappa shape index (κ1) is 26.0. The van der Waals surface area contributed by atoms with E-state index < -0.39 is 41.3 Å². The average molecular weight is 470 g/mol. The maximum absolute atomic E-state index is 12.3. The van der Waals surface area contributed by atoms with Gasteiger partial charge in [0.05, 0.1) is 11.5 Å². The lowest BCUT2D eigenvalue weighted by Gasteiger charge is -2.19. The minimum atomic E-state index is -1.11. The van der Waals surface area contributed by atoms with E-state index >= 15 is 0 Å². The number of nitrogens with one attached hydrogen (secondary N) is 2. The first-order chi connectivity index (χ1) is 16.0. The normalized spacial score (nSPS) is 11.2. The Hall–Kier alpha value is -4.28. The summed E-state index contributed by atoms with van der Waals surface area (Å²) in [6, 6.07) is 9.50. The summed E-state index contributed by atoms with van der Waals surface area (Å²) in [5, 5.41) is 16.0. The number of ether oxygens (including phenoxy) is 1. The fraction of sp³-hybridized carbons (Fsp3) is 0.304. The minimum Gasteiger partial charge on any atom is -0.454 e. The number of hydrogen-bond donors (Lipinski definition) is 2. The fourth-order valence-electron chi connectivity index (χ4n) is 2.96. The quantitative estimate of drug-likeness (QED) is 0.323. The third-order valence-corrected chi connectivity index (χ3v) is 4.91. The van der Waals surface area contributed by atoms with Gasteiger partial charge in [0.2, 0.25) is 5.91 Å². The van der Waals surface area contributed by atoms with Crippen LogP contribution >= 0.6 is 0 Å². The Morgan fingerprint density at radius 1 is 1.09 bits per heavy atom. The minimum absolute atomic E-state index is 0.000406. The third-order valence-electron chi connectivity index (χ3n) is 4.91. The van der Waals surface area contributed by atoms with E-state index in [4.69, 9.17) is 4.74 Å². The molecule has 0 radical (unpaired) electrons. The second kappa shape index (κ2) is 11.5. The lowest BCUT2D eigenvalue weighted by atomic mass is 10.1. The van der Waals surface area contributed by atoms with Crippen molar-refractivity contribution in [2.24, 2.45) is 0 Å². The Bertz CT molecular complexity index is 1100. The molecule has 11 nitrogen and oxygen atoms in total. The van der Waals surface area contributed by atoms with Crippen molar-refractivity contribution in [3.05, 3.63) is 69.3 Å². The summed E-state index contributed by atoms with van der Waals surface area (Å²) in [6.07, 6.45) is 0. The number of carbonyl (C=O) groups excluding carboxylic acids is 4. The molecule has 0 bridgehead atoms. The summed E-state index contributed by atoms with van der Waals surface area (Å²) in [5.74, 6) is -2.60. The molecule has 2 N–H and O–H groups in total. The van der Waals surface area contributed by atoms with Crippen LogP contribution in [0.1, 0.15) is 28.4 Å². The van der Waals surface area contributed by atoms with Crippen LogP contribution in [0.5, 0.6) is 0 Å². The zero-order valence-corrected chi connectivity index (χ0v) is 19.3. The molecule has 11 heteroatoms. The number of hydrogen-bond acceptors (Lipinski definition) is 7. The number of nitro benzene ring substituents is 1. The zero-order valence-electron chi connectivity index (χ0n) is 19.3. The van der Waals surface area contributed by atoms with Crippen LogP contribution in [0.15, 0.2) is 42.5 Å². The Morgan fingerprint density at radius 2 is 1.71 bits per heavy atom. The monoisotopic (exact) mass is 470 g/mol. The molecule has 0 saturated carbocycles. The molecule has 180 valence electrons. The number of nitro groups is 1. The highest BCUT2D eigenvalue weighted by atomic mass is 16.6. The van der Waals surface area contributed by atoms with Crippen LogP contribution in [-0.2, 0) is 19.1 Å². The van der Waals surface area contributed by atoms with E-state index in [1.54, 1.807) is 0 Å². The van der Waals surface area contributed by atoms with Gasteiger partial charge in [-0.3, -0.25) is 24.5 Å². The van der Waals surface area contributed by atoms with Crippen molar-refractivity contribution < 1.29 is 28.8 Å². The molecule has 0 aromatic heterocycles. The summed E-state index contributed by atoms with van der Waals surface area (Å²) in [7, 11) is 1.40. The highest BCUT2D eigenvalue weighted by molar-refractivity contribution is 5.98. The molecule has 0 aliphatic carbocycles. The maximum Gasteiger partial charge on any atom is 0.328 e. The topological polar surface area (TPSA) is 148 Å². The van der Waals surface area contributed by atoms with Crippen LogP contribution in [0.3, 0.4) is 0 Å². The van der Waals surface area contributed by atoms with Gasteiger partial charge in [0.25, 0.3) is 17.5 Å². The van der Waals surface area contributed by atoms with Gasteiger partial charge in [0, 0.05) is 30.4 Å². The molecule has 0 aliphatic heterocycles. The van der Waals surface area contributed by atoms with E-state index in [0.29, 0.717) is 5.69 Å². The Balaban J connectivity index is 1.83. The van der Waals surface area contributed by atoms with Crippen LogP contribution in [0.4, 0.5) is 11.4 Å². The van der Waals surface area contributed by atoms with E-state index in [1.807, 2.05) is 32.0 Å². The highest BCUT2D eigenvalue weighted by Crippen LogP contribution is 2.19. The molecule has 0 unspecified atom stereocenters. The molecule has 0 aliphatic rings. The first-order valence-electron chi connectivity index (χ1n) is 10.3. The standard InChI is InChI=1S/C23H26N4O7/c1-14-7-5-8-15(2)21(14)25-19(28)12-26(4)20(29)13-34-23(31)16(3)24-22(30)17-9-6-10-18(11-17)27(32)33/h5-11,16H,12-13H2,1-4H3,(H,24,30)(H,25,28)/t16-/m0/s1. The third kappa shape index (κ3) is 7.12.